The van der Waals surface area contributed by atoms with Crippen molar-refractivity contribution in [1.82, 2.24) is 24.5 Å². The van der Waals surface area contributed by atoms with Gasteiger partial charge in [-0.2, -0.15) is 10.2 Å². The fourth-order valence-electron chi connectivity index (χ4n) is 2.14. The van der Waals surface area contributed by atoms with E-state index in [0.717, 1.165) is 16.7 Å². The first kappa shape index (κ1) is 14.0. The summed E-state index contributed by atoms with van der Waals surface area (Å²) in [6, 6.07) is 3.69. The largest absolute Gasteiger partial charge is 0.310 e. The van der Waals surface area contributed by atoms with E-state index < -0.39 is 0 Å². The van der Waals surface area contributed by atoms with Crippen LogP contribution in [0.5, 0.6) is 0 Å². The highest BCUT2D eigenvalue weighted by Crippen LogP contribution is 2.18. The summed E-state index contributed by atoms with van der Waals surface area (Å²) in [6.07, 6.45) is 9.18. The molecule has 0 aromatic carbocycles. The molecule has 0 saturated heterocycles. The van der Waals surface area contributed by atoms with E-state index in [-0.39, 0.29) is 12.3 Å². The Morgan fingerprint density at radius 3 is 2.41 bits per heavy atom. The number of nitrogens with one attached hydrogen (secondary N) is 1. The molecule has 0 atom stereocenters. The van der Waals surface area contributed by atoms with Crippen molar-refractivity contribution < 1.29 is 4.79 Å². The Morgan fingerprint density at radius 1 is 1.05 bits per heavy atom. The molecule has 0 aliphatic heterocycles. The van der Waals surface area contributed by atoms with Crippen LogP contribution in [0.15, 0.2) is 43.1 Å². The molecular formula is C15H16N6O. The van der Waals surface area contributed by atoms with Gasteiger partial charge in [0.15, 0.2) is 0 Å². The minimum Gasteiger partial charge on any atom is -0.310 e. The highest BCUT2D eigenvalue weighted by atomic mass is 16.1. The number of carbonyl (C=O) groups is 1. The van der Waals surface area contributed by atoms with Crippen LogP contribution in [0.2, 0.25) is 0 Å². The van der Waals surface area contributed by atoms with Crippen LogP contribution in [-0.4, -0.2) is 30.5 Å². The maximum absolute atomic E-state index is 11.9. The summed E-state index contributed by atoms with van der Waals surface area (Å²) in [7, 11) is 3.68. The normalized spacial score (nSPS) is 10.6. The number of pyridine rings is 1. The third-order valence-corrected chi connectivity index (χ3v) is 3.19. The maximum atomic E-state index is 11.9. The van der Waals surface area contributed by atoms with Crippen LogP contribution in [0.25, 0.3) is 11.1 Å². The van der Waals surface area contributed by atoms with Gasteiger partial charge in [0.1, 0.15) is 5.82 Å². The summed E-state index contributed by atoms with van der Waals surface area (Å²) in [6.45, 7) is 0. The van der Waals surface area contributed by atoms with Gasteiger partial charge < -0.3 is 5.32 Å². The van der Waals surface area contributed by atoms with E-state index in [1.165, 1.54) is 0 Å². The third-order valence-electron chi connectivity index (χ3n) is 3.19. The summed E-state index contributed by atoms with van der Waals surface area (Å²) < 4.78 is 3.41. The SMILES string of the molecule is Cn1cc(CC(=O)Nc2ccc(-c3cnn(C)c3)cn2)cn1. The van der Waals surface area contributed by atoms with Crippen LogP contribution >= 0.6 is 0 Å². The topological polar surface area (TPSA) is 77.6 Å². The first-order valence-electron chi connectivity index (χ1n) is 6.82. The zero-order valence-electron chi connectivity index (χ0n) is 12.4. The summed E-state index contributed by atoms with van der Waals surface area (Å²) >= 11 is 0. The van der Waals surface area contributed by atoms with Gasteiger partial charge >= 0.3 is 0 Å². The molecular weight excluding hydrogens is 280 g/mol. The fraction of sp³-hybridized carbons (Fsp3) is 0.200. The van der Waals surface area contributed by atoms with E-state index in [1.54, 1.807) is 34.0 Å². The molecule has 7 heteroatoms. The molecule has 1 amide bonds. The van der Waals surface area contributed by atoms with Crippen LogP contribution in [-0.2, 0) is 25.3 Å². The van der Waals surface area contributed by atoms with Crippen molar-refractivity contribution >= 4 is 11.7 Å². The molecule has 3 aromatic heterocycles. The Bertz CT molecular complexity index is 786. The zero-order chi connectivity index (χ0) is 15.5. The van der Waals surface area contributed by atoms with Crippen LogP contribution in [0.1, 0.15) is 5.56 Å². The molecule has 0 radical (unpaired) electrons. The number of aryl methyl sites for hydroxylation is 2. The number of hydrogen-bond donors (Lipinski definition) is 1. The van der Waals surface area contributed by atoms with Crippen molar-refractivity contribution in [3.8, 4) is 11.1 Å². The molecule has 0 aliphatic rings. The van der Waals surface area contributed by atoms with Gasteiger partial charge in [0.05, 0.1) is 18.8 Å². The molecule has 0 fully saturated rings. The lowest BCUT2D eigenvalue weighted by Gasteiger charge is -2.04. The number of aromatic nitrogens is 5. The van der Waals surface area contributed by atoms with Gasteiger partial charge in [0, 0.05) is 43.8 Å². The van der Waals surface area contributed by atoms with Gasteiger partial charge in [-0.05, 0) is 17.7 Å². The number of amides is 1. The Balaban J connectivity index is 1.64. The van der Waals surface area contributed by atoms with Crippen molar-refractivity contribution in [2.24, 2.45) is 14.1 Å². The fourth-order valence-corrected chi connectivity index (χ4v) is 2.14. The van der Waals surface area contributed by atoms with Gasteiger partial charge in [-0.1, -0.05) is 0 Å². The van der Waals surface area contributed by atoms with Crippen LogP contribution < -0.4 is 5.32 Å². The second-order valence-corrected chi connectivity index (χ2v) is 5.08. The lowest BCUT2D eigenvalue weighted by molar-refractivity contribution is -0.115. The van der Waals surface area contributed by atoms with E-state index >= 15 is 0 Å². The van der Waals surface area contributed by atoms with E-state index in [4.69, 9.17) is 0 Å². The molecule has 112 valence electrons. The van der Waals surface area contributed by atoms with Crippen molar-refractivity contribution in [2.45, 2.75) is 6.42 Å². The van der Waals surface area contributed by atoms with Gasteiger partial charge in [0.2, 0.25) is 5.91 Å². The molecule has 0 unspecified atom stereocenters. The number of hydrogen-bond acceptors (Lipinski definition) is 4. The van der Waals surface area contributed by atoms with E-state index in [0.29, 0.717) is 5.82 Å². The van der Waals surface area contributed by atoms with Crippen LogP contribution in [0, 0.1) is 0 Å². The minimum absolute atomic E-state index is 0.116. The Hall–Kier alpha value is -2.96. The van der Waals surface area contributed by atoms with Crippen molar-refractivity contribution in [3.05, 3.63) is 48.7 Å². The average molecular weight is 296 g/mol. The quantitative estimate of drug-likeness (QED) is 0.789. The van der Waals surface area contributed by atoms with E-state index in [9.17, 15) is 4.79 Å². The van der Waals surface area contributed by atoms with Crippen molar-refractivity contribution in [3.63, 3.8) is 0 Å². The monoisotopic (exact) mass is 296 g/mol. The highest BCUT2D eigenvalue weighted by Gasteiger charge is 2.07. The smallest absolute Gasteiger partial charge is 0.230 e. The predicted molar refractivity (Wildman–Crippen MR) is 82.0 cm³/mol. The molecule has 7 nitrogen and oxygen atoms in total. The molecule has 3 aromatic rings. The molecule has 22 heavy (non-hydrogen) atoms. The summed E-state index contributed by atoms with van der Waals surface area (Å²) in [5.41, 5.74) is 2.81. The molecule has 0 bridgehead atoms. The minimum atomic E-state index is -0.116. The molecule has 1 N–H and O–H groups in total. The first-order valence-corrected chi connectivity index (χ1v) is 6.82. The van der Waals surface area contributed by atoms with Gasteiger partial charge in [0.25, 0.3) is 0 Å². The highest BCUT2D eigenvalue weighted by molar-refractivity contribution is 5.91. The number of carbonyl (C=O) groups excluding carboxylic acids is 1. The molecule has 0 aliphatic carbocycles. The lowest BCUT2D eigenvalue weighted by atomic mass is 10.2. The Kier molecular flexibility index (Phi) is 3.69. The molecule has 0 saturated carbocycles. The van der Waals surface area contributed by atoms with Gasteiger partial charge in [-0.3, -0.25) is 14.2 Å². The van der Waals surface area contributed by atoms with Crippen LogP contribution in [0.4, 0.5) is 5.82 Å². The van der Waals surface area contributed by atoms with Crippen molar-refractivity contribution in [2.75, 3.05) is 5.32 Å². The first-order chi connectivity index (χ1) is 10.6. The number of anilines is 1. The predicted octanol–water partition coefficient (Wildman–Crippen LogP) is 1.40. The van der Waals surface area contributed by atoms with E-state index in [1.807, 2.05) is 32.6 Å². The van der Waals surface area contributed by atoms with Crippen LogP contribution in [0.3, 0.4) is 0 Å². The van der Waals surface area contributed by atoms with Crippen molar-refractivity contribution in [1.29, 1.82) is 0 Å². The molecule has 3 rings (SSSR count). The lowest BCUT2D eigenvalue weighted by Crippen LogP contribution is -2.14. The number of rotatable bonds is 4. The van der Waals surface area contributed by atoms with Gasteiger partial charge in [-0.15, -0.1) is 0 Å². The average Bonchev–Trinajstić information content (AvgIpc) is 3.08. The zero-order valence-corrected chi connectivity index (χ0v) is 12.4. The maximum Gasteiger partial charge on any atom is 0.230 e. The summed E-state index contributed by atoms with van der Waals surface area (Å²) in [4.78, 5) is 16.2. The number of nitrogens with zero attached hydrogens (tertiary/aromatic N) is 5. The summed E-state index contributed by atoms with van der Waals surface area (Å²) in [5, 5.41) is 10.9. The Labute approximate surface area is 127 Å². The van der Waals surface area contributed by atoms with E-state index in [2.05, 4.69) is 20.5 Å². The molecule has 0 spiro atoms. The molecule has 3 heterocycles. The third kappa shape index (κ3) is 3.20. The van der Waals surface area contributed by atoms with Gasteiger partial charge in [-0.25, -0.2) is 4.98 Å². The second kappa shape index (κ2) is 5.80. The standard InChI is InChI=1S/C15H16N6O/c1-20-9-11(6-17-20)5-15(22)19-14-4-3-12(7-16-14)13-8-18-21(2)10-13/h3-4,6-10H,5H2,1-2H3,(H,16,19,22). The summed E-state index contributed by atoms with van der Waals surface area (Å²) in [5.74, 6) is 0.413. The second-order valence-electron chi connectivity index (χ2n) is 5.08. The Morgan fingerprint density at radius 2 is 1.82 bits per heavy atom.